The SMILES string of the molecule is COc1c(Cl)cc(C(=O)NNC(=O)Cn2ccccc2=O)cc1Cl. The van der Waals surface area contributed by atoms with Gasteiger partial charge >= 0.3 is 0 Å². The number of benzene rings is 1. The predicted molar refractivity (Wildman–Crippen MR) is 89.3 cm³/mol. The summed E-state index contributed by atoms with van der Waals surface area (Å²) < 4.78 is 6.19. The number of amides is 2. The smallest absolute Gasteiger partial charge is 0.269 e. The van der Waals surface area contributed by atoms with E-state index < -0.39 is 11.8 Å². The second kappa shape index (κ2) is 7.85. The number of ether oxygens (including phenoxy) is 1. The lowest BCUT2D eigenvalue weighted by molar-refractivity contribution is -0.122. The van der Waals surface area contributed by atoms with E-state index in [4.69, 9.17) is 27.9 Å². The molecule has 0 spiro atoms. The zero-order valence-corrected chi connectivity index (χ0v) is 14.0. The molecule has 1 heterocycles. The molecule has 7 nitrogen and oxygen atoms in total. The van der Waals surface area contributed by atoms with E-state index in [0.717, 1.165) is 0 Å². The average Bonchev–Trinajstić information content (AvgIpc) is 2.54. The van der Waals surface area contributed by atoms with E-state index in [1.807, 2.05) is 0 Å². The summed E-state index contributed by atoms with van der Waals surface area (Å²) in [4.78, 5) is 35.3. The first kappa shape index (κ1) is 17.8. The fraction of sp³-hybridized carbons (Fsp3) is 0.133. The first-order valence-electron chi connectivity index (χ1n) is 6.70. The Labute approximate surface area is 147 Å². The number of hydrogen-bond acceptors (Lipinski definition) is 4. The maximum atomic E-state index is 12.0. The van der Waals surface area contributed by atoms with Gasteiger partial charge in [-0.25, -0.2) is 0 Å². The third kappa shape index (κ3) is 4.27. The molecule has 1 aromatic heterocycles. The Balaban J connectivity index is 1.99. The highest BCUT2D eigenvalue weighted by Gasteiger charge is 2.14. The topological polar surface area (TPSA) is 89.4 Å². The van der Waals surface area contributed by atoms with Crippen molar-refractivity contribution in [3.8, 4) is 5.75 Å². The molecule has 0 bridgehead atoms. The van der Waals surface area contributed by atoms with Crippen LogP contribution in [0.5, 0.6) is 5.75 Å². The van der Waals surface area contributed by atoms with Gasteiger partial charge in [0.05, 0.1) is 17.2 Å². The number of rotatable bonds is 4. The van der Waals surface area contributed by atoms with Crippen molar-refractivity contribution in [1.82, 2.24) is 15.4 Å². The van der Waals surface area contributed by atoms with Gasteiger partial charge in [0.2, 0.25) is 0 Å². The third-order valence-corrected chi connectivity index (χ3v) is 3.55. The van der Waals surface area contributed by atoms with Crippen molar-refractivity contribution in [2.45, 2.75) is 6.54 Å². The van der Waals surface area contributed by atoms with Gasteiger partial charge in [-0.15, -0.1) is 0 Å². The van der Waals surface area contributed by atoms with Gasteiger partial charge in [-0.05, 0) is 18.2 Å². The number of hydrazine groups is 1. The molecule has 2 amide bonds. The molecule has 1 aromatic carbocycles. The fourth-order valence-electron chi connectivity index (χ4n) is 1.87. The van der Waals surface area contributed by atoms with E-state index in [-0.39, 0.29) is 33.5 Å². The van der Waals surface area contributed by atoms with Crippen LogP contribution in [0.2, 0.25) is 10.0 Å². The number of nitrogens with zero attached hydrogens (tertiary/aromatic N) is 1. The predicted octanol–water partition coefficient (Wildman–Crippen LogP) is 1.62. The molecule has 2 N–H and O–H groups in total. The molecule has 0 radical (unpaired) electrons. The lowest BCUT2D eigenvalue weighted by Crippen LogP contribution is -2.44. The van der Waals surface area contributed by atoms with E-state index in [2.05, 4.69) is 10.9 Å². The van der Waals surface area contributed by atoms with Crippen molar-refractivity contribution in [2.75, 3.05) is 7.11 Å². The first-order chi connectivity index (χ1) is 11.4. The quantitative estimate of drug-likeness (QED) is 0.801. The second-order valence-electron chi connectivity index (χ2n) is 4.64. The number of halogens is 2. The van der Waals surface area contributed by atoms with Gasteiger partial charge in [-0.1, -0.05) is 29.3 Å². The van der Waals surface area contributed by atoms with Crippen LogP contribution in [0, 0.1) is 0 Å². The van der Waals surface area contributed by atoms with Gasteiger partial charge in [0.1, 0.15) is 6.54 Å². The van der Waals surface area contributed by atoms with E-state index in [1.165, 1.54) is 36.1 Å². The zero-order chi connectivity index (χ0) is 17.7. The van der Waals surface area contributed by atoms with Gasteiger partial charge in [-0.2, -0.15) is 0 Å². The number of carbonyl (C=O) groups is 2. The van der Waals surface area contributed by atoms with Gasteiger partial charge < -0.3 is 9.30 Å². The first-order valence-corrected chi connectivity index (χ1v) is 7.45. The molecule has 0 aliphatic heterocycles. The van der Waals surface area contributed by atoms with Crippen LogP contribution >= 0.6 is 23.2 Å². The summed E-state index contributed by atoms with van der Waals surface area (Å²) in [6.45, 7) is -0.232. The molecule has 0 unspecified atom stereocenters. The highest BCUT2D eigenvalue weighted by molar-refractivity contribution is 6.37. The standard InChI is InChI=1S/C15H13Cl2N3O4/c1-24-14-10(16)6-9(7-11(14)17)15(23)19-18-12(21)8-20-5-3-2-4-13(20)22/h2-7H,8H2,1H3,(H,18,21)(H,19,23). The summed E-state index contributed by atoms with van der Waals surface area (Å²) in [7, 11) is 1.40. The van der Waals surface area contributed by atoms with Crippen molar-refractivity contribution >= 4 is 35.0 Å². The van der Waals surface area contributed by atoms with Gasteiger partial charge in [-0.3, -0.25) is 25.2 Å². The van der Waals surface area contributed by atoms with Crippen LogP contribution < -0.4 is 21.1 Å². The Kier molecular flexibility index (Phi) is 5.83. The van der Waals surface area contributed by atoms with Crippen molar-refractivity contribution in [2.24, 2.45) is 0 Å². The van der Waals surface area contributed by atoms with Crippen LogP contribution in [0.25, 0.3) is 0 Å². The number of carbonyl (C=O) groups excluding carboxylic acids is 2. The van der Waals surface area contributed by atoms with Crippen LogP contribution in [0.3, 0.4) is 0 Å². The second-order valence-corrected chi connectivity index (χ2v) is 5.46. The minimum absolute atomic E-state index is 0.142. The van der Waals surface area contributed by atoms with Crippen LogP contribution in [-0.2, 0) is 11.3 Å². The molecule has 0 saturated heterocycles. The van der Waals surface area contributed by atoms with Gasteiger partial charge in [0.25, 0.3) is 17.4 Å². The Morgan fingerprint density at radius 3 is 2.42 bits per heavy atom. The number of pyridine rings is 1. The fourth-order valence-corrected chi connectivity index (χ4v) is 2.51. The van der Waals surface area contributed by atoms with E-state index in [1.54, 1.807) is 12.1 Å². The molecule has 0 aliphatic carbocycles. The van der Waals surface area contributed by atoms with Crippen LogP contribution in [-0.4, -0.2) is 23.5 Å². The lowest BCUT2D eigenvalue weighted by Gasteiger charge is -2.11. The average molecular weight is 370 g/mol. The summed E-state index contributed by atoms with van der Waals surface area (Å²) in [5.41, 5.74) is 4.24. The maximum Gasteiger partial charge on any atom is 0.269 e. The number of nitrogens with one attached hydrogen (secondary N) is 2. The van der Waals surface area contributed by atoms with Crippen LogP contribution in [0.1, 0.15) is 10.4 Å². The highest BCUT2D eigenvalue weighted by atomic mass is 35.5. The molecule has 126 valence electrons. The third-order valence-electron chi connectivity index (χ3n) is 2.99. The summed E-state index contributed by atoms with van der Waals surface area (Å²) in [5, 5.41) is 0.328. The molecule has 2 aromatic rings. The van der Waals surface area contributed by atoms with Crippen LogP contribution in [0.4, 0.5) is 0 Å². The summed E-state index contributed by atoms with van der Waals surface area (Å²) in [6.07, 6.45) is 1.47. The van der Waals surface area contributed by atoms with E-state index in [0.29, 0.717) is 0 Å². The highest BCUT2D eigenvalue weighted by Crippen LogP contribution is 2.33. The normalized spacial score (nSPS) is 10.1. The largest absolute Gasteiger partial charge is 0.494 e. The summed E-state index contributed by atoms with van der Waals surface area (Å²) in [6, 6.07) is 7.22. The molecular formula is C15H13Cl2N3O4. The number of aromatic nitrogens is 1. The molecular weight excluding hydrogens is 357 g/mol. The molecule has 24 heavy (non-hydrogen) atoms. The minimum Gasteiger partial charge on any atom is -0.494 e. The van der Waals surface area contributed by atoms with Crippen molar-refractivity contribution < 1.29 is 14.3 Å². The molecule has 0 fully saturated rings. The lowest BCUT2D eigenvalue weighted by atomic mass is 10.2. The monoisotopic (exact) mass is 369 g/mol. The maximum absolute atomic E-state index is 12.0. The molecule has 9 heteroatoms. The number of methoxy groups -OCH3 is 1. The van der Waals surface area contributed by atoms with E-state index in [9.17, 15) is 14.4 Å². The molecule has 2 rings (SSSR count). The van der Waals surface area contributed by atoms with Gasteiger partial charge in [0.15, 0.2) is 5.75 Å². The Morgan fingerprint density at radius 2 is 1.83 bits per heavy atom. The Hall–Kier alpha value is -2.51. The molecule has 0 aliphatic rings. The number of hydrogen-bond donors (Lipinski definition) is 2. The van der Waals surface area contributed by atoms with Gasteiger partial charge in [0, 0.05) is 17.8 Å². The molecule has 0 atom stereocenters. The molecule has 0 saturated carbocycles. The Bertz CT molecular complexity index is 812. The summed E-state index contributed by atoms with van der Waals surface area (Å²) >= 11 is 11.9. The van der Waals surface area contributed by atoms with Crippen molar-refractivity contribution in [3.05, 3.63) is 62.5 Å². The minimum atomic E-state index is -0.616. The van der Waals surface area contributed by atoms with Crippen molar-refractivity contribution in [3.63, 3.8) is 0 Å². The van der Waals surface area contributed by atoms with E-state index >= 15 is 0 Å². The summed E-state index contributed by atoms with van der Waals surface area (Å²) in [5.74, 6) is -0.931. The van der Waals surface area contributed by atoms with Crippen molar-refractivity contribution in [1.29, 1.82) is 0 Å². The van der Waals surface area contributed by atoms with Crippen LogP contribution in [0.15, 0.2) is 41.3 Å². The zero-order valence-electron chi connectivity index (χ0n) is 12.5. The Morgan fingerprint density at radius 1 is 1.17 bits per heavy atom.